The van der Waals surface area contributed by atoms with Crippen LogP contribution in [0.1, 0.15) is 6.92 Å². The smallest absolute Gasteiger partial charge is 0.259 e. The molecule has 3 N–H and O–H groups in total. The minimum absolute atomic E-state index is 0.0832. The molecule has 0 aromatic rings. The molecule has 1 unspecified atom stereocenters. The summed E-state index contributed by atoms with van der Waals surface area (Å²) in [7, 11) is 0. The lowest BCUT2D eigenvalue weighted by Gasteiger charge is -2.13. The first-order chi connectivity index (χ1) is 5.66. The monoisotopic (exact) mass is 165 g/mol. The summed E-state index contributed by atoms with van der Waals surface area (Å²) in [5.41, 5.74) is 5.31. The van der Waals surface area contributed by atoms with Crippen molar-refractivity contribution in [1.82, 2.24) is 5.32 Å². The average Bonchev–Trinajstić information content (AvgIpc) is 2.29. The molecule has 0 aromatic carbocycles. The van der Waals surface area contributed by atoms with Crippen LogP contribution in [0.3, 0.4) is 0 Å². The predicted molar refractivity (Wildman–Crippen MR) is 44.1 cm³/mol. The first kappa shape index (κ1) is 6.96. The average molecular weight is 165 g/mol. The lowest BCUT2D eigenvalue weighted by molar-refractivity contribution is -0.119. The van der Waals surface area contributed by atoms with E-state index in [0.717, 1.165) is 0 Å². The summed E-state index contributed by atoms with van der Waals surface area (Å²) in [4.78, 5) is 22.9. The number of carbonyl (C=O) groups excluding carboxylic acids is 1. The van der Waals surface area contributed by atoms with Gasteiger partial charge in [-0.15, -0.1) is 0 Å². The number of aliphatic imine (C=N–C) groups is 3. The zero-order valence-corrected chi connectivity index (χ0v) is 6.40. The van der Waals surface area contributed by atoms with E-state index in [2.05, 4.69) is 20.3 Å². The molecule has 0 aromatic heterocycles. The van der Waals surface area contributed by atoms with Crippen LogP contribution in [0.4, 0.5) is 0 Å². The quantitative estimate of drug-likeness (QED) is 0.463. The molecule has 2 rings (SSSR count). The first-order valence-electron chi connectivity index (χ1n) is 3.45. The van der Waals surface area contributed by atoms with E-state index >= 15 is 0 Å². The molecule has 0 bridgehead atoms. The van der Waals surface area contributed by atoms with Crippen molar-refractivity contribution in [2.45, 2.75) is 13.0 Å². The largest absolute Gasteiger partial charge is 0.369 e. The van der Waals surface area contributed by atoms with E-state index in [-0.39, 0.29) is 11.9 Å². The number of guanidine groups is 1. The Bertz CT molecular complexity index is 340. The third kappa shape index (κ3) is 0.884. The molecule has 6 nitrogen and oxygen atoms in total. The van der Waals surface area contributed by atoms with E-state index < -0.39 is 6.04 Å². The van der Waals surface area contributed by atoms with Crippen LogP contribution in [0.2, 0.25) is 0 Å². The van der Waals surface area contributed by atoms with Crippen molar-refractivity contribution in [2.75, 3.05) is 0 Å². The number of hydrogen-bond donors (Lipinski definition) is 2. The van der Waals surface area contributed by atoms with Crippen molar-refractivity contribution in [1.29, 1.82) is 0 Å². The third-order valence-electron chi connectivity index (χ3n) is 1.57. The van der Waals surface area contributed by atoms with Gasteiger partial charge in [0.05, 0.1) is 0 Å². The number of nitrogens with one attached hydrogen (secondary N) is 1. The summed E-state index contributed by atoms with van der Waals surface area (Å²) in [5.74, 6) is 0.760. The zero-order valence-electron chi connectivity index (χ0n) is 6.40. The van der Waals surface area contributed by atoms with Crippen LogP contribution in [0, 0.1) is 0 Å². The second kappa shape index (κ2) is 2.13. The number of amides is 1. The van der Waals surface area contributed by atoms with Gasteiger partial charge in [-0.25, -0.2) is 9.98 Å². The van der Waals surface area contributed by atoms with E-state index in [1.54, 1.807) is 6.92 Å². The van der Waals surface area contributed by atoms with Crippen molar-refractivity contribution in [3.8, 4) is 0 Å². The molecule has 6 heteroatoms. The van der Waals surface area contributed by atoms with E-state index in [4.69, 9.17) is 5.73 Å². The lowest BCUT2D eigenvalue weighted by Crippen LogP contribution is -2.49. The topological polar surface area (TPSA) is 92.2 Å². The predicted octanol–water partition coefficient (Wildman–Crippen LogP) is -1.37. The summed E-state index contributed by atoms with van der Waals surface area (Å²) in [6, 6.07) is -0.586. The number of nitrogens with zero attached hydrogens (tertiary/aromatic N) is 3. The first-order valence-corrected chi connectivity index (χ1v) is 3.45. The second-order valence-corrected chi connectivity index (χ2v) is 2.54. The van der Waals surface area contributed by atoms with Crippen LogP contribution >= 0.6 is 0 Å². The second-order valence-electron chi connectivity index (χ2n) is 2.54. The van der Waals surface area contributed by atoms with Gasteiger partial charge in [-0.1, -0.05) is 0 Å². The maximum Gasteiger partial charge on any atom is 0.259 e. The van der Waals surface area contributed by atoms with Crippen LogP contribution in [0.5, 0.6) is 0 Å². The van der Waals surface area contributed by atoms with Crippen molar-refractivity contribution in [3.63, 3.8) is 0 Å². The van der Waals surface area contributed by atoms with Gasteiger partial charge in [0.2, 0.25) is 5.96 Å². The molecule has 62 valence electrons. The highest BCUT2D eigenvalue weighted by Crippen LogP contribution is 2.09. The van der Waals surface area contributed by atoms with Gasteiger partial charge in [-0.3, -0.25) is 10.1 Å². The van der Waals surface area contributed by atoms with E-state index in [1.807, 2.05) is 0 Å². The molecule has 12 heavy (non-hydrogen) atoms. The highest BCUT2D eigenvalue weighted by Gasteiger charge is 2.32. The summed E-state index contributed by atoms with van der Waals surface area (Å²) >= 11 is 0. The number of amidine groups is 2. The molecule has 0 radical (unpaired) electrons. The number of nitrogens with two attached hydrogens (primary N) is 1. The van der Waals surface area contributed by atoms with Gasteiger partial charge in [-0.05, 0) is 6.92 Å². The molecule has 1 amide bonds. The van der Waals surface area contributed by atoms with E-state index in [0.29, 0.717) is 11.7 Å². The van der Waals surface area contributed by atoms with Gasteiger partial charge in [0.15, 0.2) is 11.9 Å². The van der Waals surface area contributed by atoms with Crippen molar-refractivity contribution in [3.05, 3.63) is 0 Å². The number of rotatable bonds is 0. The SMILES string of the molecule is CC1=NC2C(=O)NC(N)=NC2=N1. The van der Waals surface area contributed by atoms with Crippen molar-refractivity contribution < 1.29 is 4.79 Å². The summed E-state index contributed by atoms with van der Waals surface area (Å²) in [6.07, 6.45) is 0. The minimum atomic E-state index is -0.586. The Morgan fingerprint density at radius 2 is 2.25 bits per heavy atom. The van der Waals surface area contributed by atoms with Crippen molar-refractivity contribution in [2.24, 2.45) is 20.7 Å². The van der Waals surface area contributed by atoms with Crippen LogP contribution in [-0.4, -0.2) is 29.6 Å². The molecule has 0 saturated carbocycles. The molecule has 0 saturated heterocycles. The minimum Gasteiger partial charge on any atom is -0.369 e. The van der Waals surface area contributed by atoms with E-state index in [1.165, 1.54) is 0 Å². The van der Waals surface area contributed by atoms with Crippen LogP contribution in [0.15, 0.2) is 15.0 Å². The van der Waals surface area contributed by atoms with Gasteiger partial charge in [-0.2, -0.15) is 4.99 Å². The standard InChI is InChI=1S/C6H7N5O/c1-2-8-3-4(9-2)10-6(7)11-5(3)12/h3H,1H3,(H3,7,8,9,10,11,12). The number of fused-ring (bicyclic) bond motifs is 1. The van der Waals surface area contributed by atoms with Crippen LogP contribution in [0.25, 0.3) is 0 Å². The Labute approximate surface area is 68.3 Å². The molecule has 0 fully saturated rings. The van der Waals surface area contributed by atoms with Gasteiger partial charge in [0.1, 0.15) is 5.84 Å². The Morgan fingerprint density at radius 1 is 1.50 bits per heavy atom. The summed E-state index contributed by atoms with van der Waals surface area (Å²) < 4.78 is 0. The molecular formula is C6H7N5O. The van der Waals surface area contributed by atoms with Gasteiger partial charge >= 0.3 is 0 Å². The fourth-order valence-electron chi connectivity index (χ4n) is 1.11. The van der Waals surface area contributed by atoms with Gasteiger partial charge in [0.25, 0.3) is 5.91 Å². The Hall–Kier alpha value is -1.72. The fraction of sp³-hybridized carbons (Fsp3) is 0.333. The maximum atomic E-state index is 11.2. The Morgan fingerprint density at radius 3 is 3.00 bits per heavy atom. The molecule has 2 aliphatic heterocycles. The Kier molecular flexibility index (Phi) is 1.24. The van der Waals surface area contributed by atoms with Crippen molar-refractivity contribution >= 4 is 23.5 Å². The summed E-state index contributed by atoms with van der Waals surface area (Å²) in [5, 5.41) is 2.37. The molecule has 0 spiro atoms. The van der Waals surface area contributed by atoms with Crippen LogP contribution in [-0.2, 0) is 4.79 Å². The zero-order chi connectivity index (χ0) is 8.72. The normalized spacial score (nSPS) is 26.9. The maximum absolute atomic E-state index is 11.2. The molecular weight excluding hydrogens is 158 g/mol. The van der Waals surface area contributed by atoms with E-state index in [9.17, 15) is 4.79 Å². The molecule has 2 heterocycles. The molecule has 1 atom stereocenters. The highest BCUT2D eigenvalue weighted by atomic mass is 16.2. The van der Waals surface area contributed by atoms with Crippen LogP contribution < -0.4 is 11.1 Å². The fourth-order valence-corrected chi connectivity index (χ4v) is 1.11. The molecule has 2 aliphatic rings. The lowest BCUT2D eigenvalue weighted by atomic mass is 10.2. The van der Waals surface area contributed by atoms with Gasteiger partial charge in [0, 0.05) is 0 Å². The highest BCUT2D eigenvalue weighted by molar-refractivity contribution is 6.24. The number of hydrogen-bond acceptors (Lipinski definition) is 5. The third-order valence-corrected chi connectivity index (χ3v) is 1.57. The summed E-state index contributed by atoms with van der Waals surface area (Å²) in [6.45, 7) is 1.71. The molecule has 0 aliphatic carbocycles. The van der Waals surface area contributed by atoms with Gasteiger partial charge < -0.3 is 5.73 Å². The number of carbonyl (C=O) groups is 1. The Balaban J connectivity index is 2.43.